The van der Waals surface area contributed by atoms with Crippen molar-refractivity contribution in [2.45, 2.75) is 11.3 Å². The van der Waals surface area contributed by atoms with E-state index in [4.69, 9.17) is 9.84 Å². The largest absolute Gasteiger partial charge is 0.492 e. The van der Waals surface area contributed by atoms with E-state index in [0.29, 0.717) is 11.3 Å². The molecule has 0 amide bonds. The maximum atomic E-state index is 12.0. The molecule has 1 aliphatic heterocycles. The summed E-state index contributed by atoms with van der Waals surface area (Å²) in [5, 5.41) is 8.99. The zero-order valence-corrected chi connectivity index (χ0v) is 11.5. The second-order valence-electron chi connectivity index (χ2n) is 4.46. The number of hydrogen-bond donors (Lipinski definition) is 2. The van der Waals surface area contributed by atoms with Crippen LogP contribution in [-0.2, 0) is 21.2 Å². The smallest absolute Gasteiger partial charge is 0.310 e. The number of carboxylic acids is 1. The van der Waals surface area contributed by atoms with Crippen LogP contribution in [0.2, 0.25) is 0 Å². The lowest BCUT2D eigenvalue weighted by atomic mass is 9.97. The van der Waals surface area contributed by atoms with Crippen molar-refractivity contribution in [3.8, 4) is 5.75 Å². The van der Waals surface area contributed by atoms with Gasteiger partial charge >= 0.3 is 5.97 Å². The van der Waals surface area contributed by atoms with Crippen molar-refractivity contribution in [3.05, 3.63) is 36.4 Å². The minimum Gasteiger partial charge on any atom is -0.492 e. The fraction of sp³-hybridized carbons (Fsp3) is 0.308. The zero-order chi connectivity index (χ0) is 14.8. The Morgan fingerprint density at radius 3 is 2.95 bits per heavy atom. The van der Waals surface area contributed by atoms with Gasteiger partial charge in [-0.15, -0.1) is 6.58 Å². The van der Waals surface area contributed by atoms with E-state index in [1.165, 1.54) is 18.2 Å². The Morgan fingerprint density at radius 1 is 1.55 bits per heavy atom. The van der Waals surface area contributed by atoms with Crippen molar-refractivity contribution in [3.63, 3.8) is 0 Å². The average Bonchev–Trinajstić information content (AvgIpc) is 2.43. The van der Waals surface area contributed by atoms with Crippen LogP contribution < -0.4 is 9.46 Å². The number of ether oxygens (including phenoxy) is 1. The number of rotatable bonds is 5. The highest BCUT2D eigenvalue weighted by Crippen LogP contribution is 2.29. The second kappa shape index (κ2) is 5.64. The Kier molecular flexibility index (Phi) is 4.10. The Morgan fingerprint density at radius 2 is 2.30 bits per heavy atom. The molecule has 6 nitrogen and oxygen atoms in total. The first kappa shape index (κ1) is 14.5. The lowest BCUT2D eigenvalue weighted by molar-refractivity contribution is -0.143. The van der Waals surface area contributed by atoms with Crippen LogP contribution in [0.1, 0.15) is 5.56 Å². The number of nitrogens with one attached hydrogen (secondary N) is 1. The standard InChI is InChI=1S/C13H15NO5S/c1-2-5-14-20(17,18)11-3-4-12-9(7-11)6-10(8-19-12)13(15)16/h2-4,7,10,14H,1,5-6,8H2,(H,15,16). The molecule has 0 saturated heterocycles. The van der Waals surface area contributed by atoms with E-state index in [2.05, 4.69) is 11.3 Å². The number of carboxylic acid groups (broad SMARTS) is 1. The molecule has 0 aromatic heterocycles. The third kappa shape index (κ3) is 3.00. The fourth-order valence-corrected chi connectivity index (χ4v) is 3.00. The van der Waals surface area contributed by atoms with Gasteiger partial charge in [-0.25, -0.2) is 13.1 Å². The molecular weight excluding hydrogens is 282 g/mol. The van der Waals surface area contributed by atoms with E-state index in [1.807, 2.05) is 0 Å². The van der Waals surface area contributed by atoms with Gasteiger partial charge in [-0.1, -0.05) is 6.08 Å². The molecule has 0 spiro atoms. The summed E-state index contributed by atoms with van der Waals surface area (Å²) in [6.07, 6.45) is 1.70. The van der Waals surface area contributed by atoms with E-state index < -0.39 is 21.9 Å². The SMILES string of the molecule is C=CCNS(=O)(=O)c1ccc2c(c1)CC(C(=O)O)CO2. The van der Waals surface area contributed by atoms with Gasteiger partial charge in [0.15, 0.2) is 0 Å². The summed E-state index contributed by atoms with van der Waals surface area (Å²) in [5.41, 5.74) is 0.588. The second-order valence-corrected chi connectivity index (χ2v) is 6.23. The monoisotopic (exact) mass is 297 g/mol. The summed E-state index contributed by atoms with van der Waals surface area (Å²) in [4.78, 5) is 11.1. The Labute approximate surface area is 117 Å². The van der Waals surface area contributed by atoms with E-state index in [1.54, 1.807) is 6.07 Å². The van der Waals surface area contributed by atoms with Gasteiger partial charge < -0.3 is 9.84 Å². The number of aliphatic carboxylic acids is 1. The molecule has 2 N–H and O–H groups in total. The quantitative estimate of drug-likeness (QED) is 0.784. The molecule has 0 fully saturated rings. The molecular formula is C13H15NO5S. The predicted molar refractivity (Wildman–Crippen MR) is 72.2 cm³/mol. The van der Waals surface area contributed by atoms with Crippen molar-refractivity contribution < 1.29 is 23.1 Å². The van der Waals surface area contributed by atoms with Crippen LogP contribution in [0.3, 0.4) is 0 Å². The summed E-state index contributed by atoms with van der Waals surface area (Å²) >= 11 is 0. The highest BCUT2D eigenvalue weighted by Gasteiger charge is 2.27. The highest BCUT2D eigenvalue weighted by molar-refractivity contribution is 7.89. The van der Waals surface area contributed by atoms with Crippen LogP contribution in [0.25, 0.3) is 0 Å². The van der Waals surface area contributed by atoms with E-state index >= 15 is 0 Å². The molecule has 0 radical (unpaired) electrons. The molecule has 2 rings (SSSR count). The molecule has 7 heteroatoms. The molecule has 0 aliphatic carbocycles. The molecule has 1 unspecified atom stereocenters. The molecule has 20 heavy (non-hydrogen) atoms. The zero-order valence-electron chi connectivity index (χ0n) is 10.7. The number of sulfonamides is 1. The van der Waals surface area contributed by atoms with E-state index in [9.17, 15) is 13.2 Å². The summed E-state index contributed by atoms with van der Waals surface area (Å²) in [5.74, 6) is -1.07. The predicted octanol–water partition coefficient (Wildman–Crippen LogP) is 0.787. The first-order valence-electron chi connectivity index (χ1n) is 6.03. The minimum atomic E-state index is -3.62. The van der Waals surface area contributed by atoms with Crippen molar-refractivity contribution in [2.75, 3.05) is 13.2 Å². The van der Waals surface area contributed by atoms with Crippen LogP contribution in [-0.4, -0.2) is 32.6 Å². The maximum Gasteiger partial charge on any atom is 0.310 e. The van der Waals surface area contributed by atoms with Crippen LogP contribution >= 0.6 is 0 Å². The van der Waals surface area contributed by atoms with Crippen LogP contribution in [0.15, 0.2) is 35.7 Å². The molecule has 1 aliphatic rings. The van der Waals surface area contributed by atoms with Gasteiger partial charge in [0, 0.05) is 6.54 Å². The van der Waals surface area contributed by atoms with Crippen LogP contribution in [0.4, 0.5) is 0 Å². The summed E-state index contributed by atoms with van der Waals surface area (Å²) in [6.45, 7) is 3.68. The Bertz CT molecular complexity index is 638. The summed E-state index contributed by atoms with van der Waals surface area (Å²) in [6, 6.07) is 4.44. The van der Waals surface area contributed by atoms with Gasteiger partial charge in [0.05, 0.1) is 10.8 Å². The Hall–Kier alpha value is -1.86. The topological polar surface area (TPSA) is 92.7 Å². The van der Waals surface area contributed by atoms with Gasteiger partial charge in [0.2, 0.25) is 10.0 Å². The van der Waals surface area contributed by atoms with Gasteiger partial charge in [0.25, 0.3) is 0 Å². The molecule has 0 bridgehead atoms. The third-order valence-corrected chi connectivity index (χ3v) is 4.44. The Balaban J connectivity index is 2.29. The van der Waals surface area contributed by atoms with Gasteiger partial charge in [-0.05, 0) is 30.2 Å². The summed E-state index contributed by atoms with van der Waals surface area (Å²) < 4.78 is 31.6. The first-order valence-corrected chi connectivity index (χ1v) is 7.51. The molecule has 1 heterocycles. The number of benzene rings is 1. The number of carbonyl (C=O) groups is 1. The van der Waals surface area contributed by atoms with Crippen molar-refractivity contribution in [1.29, 1.82) is 0 Å². The lowest BCUT2D eigenvalue weighted by Gasteiger charge is -2.23. The van der Waals surface area contributed by atoms with Gasteiger partial charge in [-0.2, -0.15) is 0 Å². The van der Waals surface area contributed by atoms with Crippen molar-refractivity contribution in [2.24, 2.45) is 5.92 Å². The maximum absolute atomic E-state index is 12.0. The van der Waals surface area contributed by atoms with E-state index in [0.717, 1.165) is 0 Å². The fourth-order valence-electron chi connectivity index (χ4n) is 1.95. The number of fused-ring (bicyclic) bond motifs is 1. The first-order chi connectivity index (χ1) is 9.44. The molecule has 1 atom stereocenters. The highest BCUT2D eigenvalue weighted by atomic mass is 32.2. The lowest BCUT2D eigenvalue weighted by Crippen LogP contribution is -2.28. The molecule has 1 aromatic rings. The van der Waals surface area contributed by atoms with Crippen molar-refractivity contribution in [1.82, 2.24) is 4.72 Å². The minimum absolute atomic E-state index is 0.0905. The summed E-state index contributed by atoms with van der Waals surface area (Å²) in [7, 11) is -3.62. The van der Waals surface area contributed by atoms with Gasteiger partial charge in [-0.3, -0.25) is 4.79 Å². The van der Waals surface area contributed by atoms with Crippen molar-refractivity contribution >= 4 is 16.0 Å². The van der Waals surface area contributed by atoms with E-state index in [-0.39, 0.29) is 24.5 Å². The molecule has 0 saturated carbocycles. The van der Waals surface area contributed by atoms with Gasteiger partial charge in [0.1, 0.15) is 12.4 Å². The molecule has 108 valence electrons. The molecule has 1 aromatic carbocycles. The average molecular weight is 297 g/mol. The number of hydrogen-bond acceptors (Lipinski definition) is 4. The normalized spacial score (nSPS) is 17.9. The van der Waals surface area contributed by atoms with Crippen LogP contribution in [0, 0.1) is 5.92 Å². The van der Waals surface area contributed by atoms with Crippen LogP contribution in [0.5, 0.6) is 5.75 Å². The third-order valence-electron chi connectivity index (χ3n) is 3.02.